The lowest BCUT2D eigenvalue weighted by molar-refractivity contribution is 0.415. The molecule has 2 aromatic rings. The molecule has 96 valence electrons. The Morgan fingerprint density at radius 3 is 2.37 bits per heavy atom. The number of hydrogen-bond acceptors (Lipinski definition) is 3. The van der Waals surface area contributed by atoms with Gasteiger partial charge < -0.3 is 9.84 Å². The van der Waals surface area contributed by atoms with Crippen LogP contribution in [0.1, 0.15) is 11.1 Å². The van der Waals surface area contributed by atoms with E-state index in [4.69, 9.17) is 4.74 Å². The summed E-state index contributed by atoms with van der Waals surface area (Å²) >= 11 is 0. The highest BCUT2D eigenvalue weighted by Gasteiger charge is 1.99. The molecule has 0 aromatic heterocycles. The van der Waals surface area contributed by atoms with Crippen LogP contribution in [0.2, 0.25) is 0 Å². The molecule has 2 aromatic carbocycles. The van der Waals surface area contributed by atoms with Crippen molar-refractivity contribution in [2.24, 2.45) is 0 Å². The molecule has 1 N–H and O–H groups in total. The van der Waals surface area contributed by atoms with Gasteiger partial charge >= 0.3 is 0 Å². The molecule has 0 spiro atoms. The zero-order valence-corrected chi connectivity index (χ0v) is 10.5. The van der Waals surface area contributed by atoms with Crippen molar-refractivity contribution in [3.63, 3.8) is 0 Å². The van der Waals surface area contributed by atoms with Crippen molar-refractivity contribution in [1.29, 1.82) is 0 Å². The van der Waals surface area contributed by atoms with Gasteiger partial charge in [-0.05, 0) is 23.8 Å². The van der Waals surface area contributed by atoms with Gasteiger partial charge in [-0.2, -0.15) is 0 Å². The minimum absolute atomic E-state index is 0.241. The van der Waals surface area contributed by atoms with E-state index in [-0.39, 0.29) is 11.2 Å². The molecule has 3 heteroatoms. The van der Waals surface area contributed by atoms with Gasteiger partial charge in [0, 0.05) is 5.56 Å². The van der Waals surface area contributed by atoms with Gasteiger partial charge in [0.2, 0.25) is 5.43 Å². The molecule has 0 heterocycles. The summed E-state index contributed by atoms with van der Waals surface area (Å²) in [5.41, 5.74) is 1.06. The maximum Gasteiger partial charge on any atom is 0.220 e. The van der Waals surface area contributed by atoms with Crippen molar-refractivity contribution < 1.29 is 9.84 Å². The van der Waals surface area contributed by atoms with E-state index in [0.717, 1.165) is 11.3 Å². The third kappa shape index (κ3) is 3.22. The second-order valence-corrected chi connectivity index (χ2v) is 3.99. The molecular weight excluding hydrogens is 240 g/mol. The molecule has 19 heavy (non-hydrogen) atoms. The number of hydrogen-bond donors (Lipinski definition) is 1. The van der Waals surface area contributed by atoms with Crippen LogP contribution in [0.4, 0.5) is 0 Å². The van der Waals surface area contributed by atoms with Crippen molar-refractivity contribution in [3.05, 3.63) is 69.9 Å². The van der Waals surface area contributed by atoms with E-state index in [0.29, 0.717) is 5.56 Å². The molecule has 0 bridgehead atoms. The highest BCUT2D eigenvalue weighted by Crippen LogP contribution is 2.16. The van der Waals surface area contributed by atoms with Gasteiger partial charge in [0.1, 0.15) is 5.75 Å². The topological polar surface area (TPSA) is 46.5 Å². The highest BCUT2D eigenvalue weighted by molar-refractivity contribution is 5.72. The Kier molecular flexibility index (Phi) is 3.98. The van der Waals surface area contributed by atoms with Crippen molar-refractivity contribution in [1.82, 2.24) is 0 Å². The van der Waals surface area contributed by atoms with Crippen LogP contribution in [0.5, 0.6) is 11.5 Å². The van der Waals surface area contributed by atoms with Crippen molar-refractivity contribution >= 4 is 12.2 Å². The summed E-state index contributed by atoms with van der Waals surface area (Å²) in [5, 5.41) is 9.73. The lowest BCUT2D eigenvalue weighted by Crippen LogP contribution is -1.93. The van der Waals surface area contributed by atoms with Crippen LogP contribution in [-0.2, 0) is 0 Å². The van der Waals surface area contributed by atoms with Gasteiger partial charge in [-0.25, -0.2) is 0 Å². The van der Waals surface area contributed by atoms with Crippen LogP contribution >= 0.6 is 0 Å². The van der Waals surface area contributed by atoms with E-state index in [1.807, 2.05) is 30.3 Å². The Hall–Kier alpha value is -2.55. The van der Waals surface area contributed by atoms with Crippen molar-refractivity contribution in [3.8, 4) is 11.5 Å². The largest absolute Gasteiger partial charge is 0.504 e. The lowest BCUT2D eigenvalue weighted by atomic mass is 10.1. The number of ether oxygens (including phenoxy) is 1. The molecule has 0 radical (unpaired) electrons. The van der Waals surface area contributed by atoms with E-state index in [2.05, 4.69) is 0 Å². The van der Waals surface area contributed by atoms with Gasteiger partial charge in [-0.3, -0.25) is 4.79 Å². The quantitative estimate of drug-likeness (QED) is 0.916. The number of methoxy groups -OCH3 is 1. The average Bonchev–Trinajstić information content (AvgIpc) is 2.60. The molecule has 0 amide bonds. The maximum absolute atomic E-state index is 11.4. The van der Waals surface area contributed by atoms with Gasteiger partial charge in [-0.15, -0.1) is 0 Å². The van der Waals surface area contributed by atoms with Crippen molar-refractivity contribution in [2.75, 3.05) is 7.11 Å². The lowest BCUT2D eigenvalue weighted by Gasteiger charge is -1.99. The normalized spacial score (nSPS) is 10.6. The Bertz CT molecular complexity index is 643. The first-order valence-electron chi connectivity index (χ1n) is 5.85. The van der Waals surface area contributed by atoms with Crippen LogP contribution < -0.4 is 10.2 Å². The van der Waals surface area contributed by atoms with Crippen molar-refractivity contribution in [2.45, 2.75) is 0 Å². The Morgan fingerprint density at radius 2 is 1.68 bits per heavy atom. The predicted octanol–water partition coefficient (Wildman–Crippen LogP) is 2.93. The summed E-state index contributed by atoms with van der Waals surface area (Å²) in [6, 6.07) is 13.8. The Morgan fingerprint density at radius 1 is 1.00 bits per heavy atom. The second kappa shape index (κ2) is 5.87. The highest BCUT2D eigenvalue weighted by atomic mass is 16.5. The van der Waals surface area contributed by atoms with Crippen LogP contribution in [-0.4, -0.2) is 12.2 Å². The number of rotatable bonds is 3. The summed E-state index contributed by atoms with van der Waals surface area (Å²) in [7, 11) is 1.61. The van der Waals surface area contributed by atoms with E-state index in [1.54, 1.807) is 31.4 Å². The van der Waals surface area contributed by atoms with Gasteiger partial charge in [0.25, 0.3) is 0 Å². The molecule has 0 atom stereocenters. The number of aromatic hydroxyl groups is 1. The molecule has 3 nitrogen and oxygen atoms in total. The fourth-order valence-electron chi connectivity index (χ4n) is 1.64. The summed E-state index contributed by atoms with van der Waals surface area (Å²) in [5.74, 6) is 0.544. The maximum atomic E-state index is 11.4. The zero-order chi connectivity index (χ0) is 13.7. The van der Waals surface area contributed by atoms with Crippen LogP contribution in [0.15, 0.2) is 53.3 Å². The molecular formula is C16H14O3. The minimum atomic E-state index is -0.389. The van der Waals surface area contributed by atoms with Crippen LogP contribution in [0, 0.1) is 0 Å². The molecule has 0 aliphatic heterocycles. The minimum Gasteiger partial charge on any atom is -0.504 e. The monoisotopic (exact) mass is 254 g/mol. The molecule has 0 saturated carbocycles. The summed E-state index contributed by atoms with van der Waals surface area (Å²) < 4.78 is 5.07. The molecule has 0 fully saturated rings. The third-order valence-electron chi connectivity index (χ3n) is 2.71. The van der Waals surface area contributed by atoms with Gasteiger partial charge in [-0.1, -0.05) is 42.5 Å². The fraction of sp³-hybridized carbons (Fsp3) is 0.0625. The molecule has 0 aliphatic carbocycles. The molecule has 2 rings (SSSR count). The van der Waals surface area contributed by atoms with E-state index in [9.17, 15) is 9.90 Å². The van der Waals surface area contributed by atoms with Crippen LogP contribution in [0.3, 0.4) is 0 Å². The Labute approximate surface area is 111 Å². The third-order valence-corrected chi connectivity index (χ3v) is 2.71. The molecule has 0 aliphatic rings. The van der Waals surface area contributed by atoms with E-state index in [1.165, 1.54) is 6.07 Å². The van der Waals surface area contributed by atoms with E-state index >= 15 is 0 Å². The Balaban J connectivity index is 2.30. The molecule has 0 saturated heterocycles. The van der Waals surface area contributed by atoms with Crippen LogP contribution in [0.25, 0.3) is 12.2 Å². The first-order chi connectivity index (χ1) is 9.20. The predicted molar refractivity (Wildman–Crippen MR) is 76.3 cm³/mol. The van der Waals surface area contributed by atoms with Gasteiger partial charge in [0.15, 0.2) is 5.75 Å². The standard InChI is InChI=1S/C16H14O3/c1-19-14-10-7-12(8-11-14)6-9-13-4-2-3-5-15(17)16(13)18/h2-11H,1H3,(H,17,18)/b9-6+. The first kappa shape index (κ1) is 12.9. The van der Waals surface area contributed by atoms with E-state index < -0.39 is 0 Å². The summed E-state index contributed by atoms with van der Waals surface area (Å²) in [6.45, 7) is 0. The summed E-state index contributed by atoms with van der Waals surface area (Å²) in [6.07, 6.45) is 3.53. The zero-order valence-electron chi connectivity index (χ0n) is 10.5. The van der Waals surface area contributed by atoms with Gasteiger partial charge in [0.05, 0.1) is 7.11 Å². The average molecular weight is 254 g/mol. The molecule has 0 unspecified atom stereocenters. The second-order valence-electron chi connectivity index (χ2n) is 3.99. The number of benzene rings is 1. The fourth-order valence-corrected chi connectivity index (χ4v) is 1.64. The first-order valence-corrected chi connectivity index (χ1v) is 5.85. The smallest absolute Gasteiger partial charge is 0.220 e. The SMILES string of the molecule is COc1ccc(/C=C/c2ccccc(=O)c2O)cc1. The summed E-state index contributed by atoms with van der Waals surface area (Å²) in [4.78, 5) is 11.4.